The number of benzene rings is 2. The Morgan fingerprint density at radius 3 is 1.28 bits per heavy atom. The zero-order valence-corrected chi connectivity index (χ0v) is 15.9. The van der Waals surface area contributed by atoms with Crippen molar-refractivity contribution in [2.24, 2.45) is 0 Å². The minimum absolute atomic E-state index is 0. The van der Waals surface area contributed by atoms with Crippen molar-refractivity contribution in [1.29, 1.82) is 0 Å². The number of hydrogen-bond donors (Lipinski definition) is 0. The summed E-state index contributed by atoms with van der Waals surface area (Å²) in [5.41, 5.74) is 4.29. The Morgan fingerprint density at radius 1 is 0.667 bits per heavy atom. The van der Waals surface area contributed by atoms with Gasteiger partial charge in [-0.2, -0.15) is 0 Å². The van der Waals surface area contributed by atoms with Gasteiger partial charge in [0.15, 0.2) is 0 Å². The van der Waals surface area contributed by atoms with Gasteiger partial charge in [-0.05, 0) is 0 Å². The molecular formula is C16H19KSi. The van der Waals surface area contributed by atoms with Gasteiger partial charge in [-0.3, -0.25) is 0 Å². The standard InChI is InChI=1S/C16H19Si.K/c1-17(2,3)16(14-10-6-4-7-11-14)15-12-8-5-9-13-15;/h4-13H,1-3H3;/q-1;+1. The Bertz CT molecular complexity index is 420. The van der Waals surface area contributed by atoms with Crippen LogP contribution < -0.4 is 51.4 Å². The van der Waals surface area contributed by atoms with Gasteiger partial charge in [0.2, 0.25) is 0 Å². The summed E-state index contributed by atoms with van der Waals surface area (Å²) in [6, 6.07) is 21.5. The molecule has 0 saturated carbocycles. The van der Waals surface area contributed by atoms with Crippen LogP contribution in [0.5, 0.6) is 0 Å². The molecule has 2 aromatic carbocycles. The van der Waals surface area contributed by atoms with Crippen LogP contribution in [0.4, 0.5) is 0 Å². The largest absolute Gasteiger partial charge is 1.00 e. The topological polar surface area (TPSA) is 0 Å². The molecule has 0 aliphatic carbocycles. The van der Waals surface area contributed by atoms with Crippen LogP contribution in [0.2, 0.25) is 19.6 Å². The molecule has 0 aliphatic rings. The summed E-state index contributed by atoms with van der Waals surface area (Å²) in [6.45, 7) is 7.22. The van der Waals surface area contributed by atoms with Gasteiger partial charge in [0, 0.05) is 8.07 Å². The molecule has 0 spiro atoms. The molecule has 2 rings (SSSR count). The molecule has 2 heteroatoms. The third kappa shape index (κ3) is 4.08. The summed E-state index contributed by atoms with van der Waals surface area (Å²) in [7, 11) is -1.35. The molecule has 2 aromatic rings. The van der Waals surface area contributed by atoms with Gasteiger partial charge in [-0.1, -0.05) is 56.0 Å². The van der Waals surface area contributed by atoms with Crippen molar-refractivity contribution in [3.05, 3.63) is 77.3 Å². The maximum absolute atomic E-state index is 2.41. The van der Waals surface area contributed by atoms with E-state index in [0.29, 0.717) is 0 Å². The number of rotatable bonds is 3. The van der Waals surface area contributed by atoms with Crippen molar-refractivity contribution in [1.82, 2.24) is 0 Å². The van der Waals surface area contributed by atoms with E-state index in [9.17, 15) is 0 Å². The van der Waals surface area contributed by atoms with Gasteiger partial charge in [0.1, 0.15) is 0 Å². The third-order valence-corrected chi connectivity index (χ3v) is 4.95. The summed E-state index contributed by atoms with van der Waals surface area (Å²) in [6.07, 6.45) is 0. The Kier molecular flexibility index (Phi) is 6.38. The molecule has 0 aromatic heterocycles. The molecule has 0 amide bonds. The molecule has 0 heterocycles. The van der Waals surface area contributed by atoms with Crippen LogP contribution in [0, 0.1) is 5.54 Å². The first kappa shape index (κ1) is 16.2. The summed E-state index contributed by atoms with van der Waals surface area (Å²) in [5.74, 6) is 0. The molecule has 88 valence electrons. The van der Waals surface area contributed by atoms with Crippen LogP contribution in [0.3, 0.4) is 0 Å². The van der Waals surface area contributed by atoms with E-state index in [-0.39, 0.29) is 51.4 Å². The van der Waals surface area contributed by atoms with E-state index in [4.69, 9.17) is 0 Å². The monoisotopic (exact) mass is 278 g/mol. The molecule has 18 heavy (non-hydrogen) atoms. The van der Waals surface area contributed by atoms with E-state index in [1.165, 1.54) is 11.1 Å². The Balaban J connectivity index is 0.00000162. The SMILES string of the molecule is C[Si](C)(C)[C-](c1ccccc1)c1ccccc1.[K+]. The van der Waals surface area contributed by atoms with E-state index >= 15 is 0 Å². The van der Waals surface area contributed by atoms with Crippen LogP contribution in [-0.2, 0) is 0 Å². The van der Waals surface area contributed by atoms with Gasteiger partial charge in [-0.15, -0.1) is 40.9 Å². The van der Waals surface area contributed by atoms with Gasteiger partial charge in [-0.25, -0.2) is 0 Å². The summed E-state index contributed by atoms with van der Waals surface area (Å²) < 4.78 is 0. The first-order valence-corrected chi connectivity index (χ1v) is 9.57. The van der Waals surface area contributed by atoms with Crippen LogP contribution in [-0.4, -0.2) is 8.07 Å². The first-order valence-electron chi connectivity index (χ1n) is 6.07. The van der Waals surface area contributed by atoms with Crippen LogP contribution in [0.25, 0.3) is 0 Å². The van der Waals surface area contributed by atoms with Crippen molar-refractivity contribution in [3.63, 3.8) is 0 Å². The Labute approximate surface area is 154 Å². The van der Waals surface area contributed by atoms with Gasteiger partial charge < -0.3 is 0 Å². The van der Waals surface area contributed by atoms with Gasteiger partial charge >= 0.3 is 51.4 Å². The zero-order valence-electron chi connectivity index (χ0n) is 11.8. The quantitative estimate of drug-likeness (QED) is 0.590. The van der Waals surface area contributed by atoms with Gasteiger partial charge in [0.05, 0.1) is 0 Å². The Hall–Kier alpha value is 0.163. The number of hydrogen-bond acceptors (Lipinski definition) is 0. The zero-order chi connectivity index (χ0) is 12.3. The second-order valence-corrected chi connectivity index (χ2v) is 10.4. The average molecular weight is 279 g/mol. The average Bonchev–Trinajstić information content (AvgIpc) is 2.30. The summed E-state index contributed by atoms with van der Waals surface area (Å²) >= 11 is 0. The predicted molar refractivity (Wildman–Crippen MR) is 77.7 cm³/mol. The minimum atomic E-state index is -1.35. The molecular weight excluding hydrogens is 259 g/mol. The predicted octanol–water partition coefficient (Wildman–Crippen LogP) is 1.54. The second kappa shape index (κ2) is 7.08. The molecule has 0 fully saturated rings. The fourth-order valence-electron chi connectivity index (χ4n) is 2.24. The normalized spacial score (nSPS) is 10.6. The van der Waals surface area contributed by atoms with Crippen LogP contribution in [0.15, 0.2) is 60.7 Å². The van der Waals surface area contributed by atoms with Crippen molar-refractivity contribution >= 4 is 8.07 Å². The second-order valence-electron chi connectivity index (χ2n) is 5.36. The Morgan fingerprint density at radius 2 is 1.00 bits per heavy atom. The molecule has 0 N–H and O–H groups in total. The van der Waals surface area contributed by atoms with E-state index in [0.717, 1.165) is 0 Å². The molecule has 0 unspecified atom stereocenters. The fourth-order valence-corrected chi connectivity index (χ4v) is 4.31. The van der Waals surface area contributed by atoms with E-state index in [1.807, 2.05) is 0 Å². The van der Waals surface area contributed by atoms with Gasteiger partial charge in [0.25, 0.3) is 0 Å². The van der Waals surface area contributed by atoms with Crippen molar-refractivity contribution in [2.75, 3.05) is 0 Å². The third-order valence-electron chi connectivity index (χ3n) is 2.87. The maximum atomic E-state index is 2.41. The van der Waals surface area contributed by atoms with Crippen molar-refractivity contribution in [2.45, 2.75) is 19.6 Å². The fraction of sp³-hybridized carbons (Fsp3) is 0.188. The van der Waals surface area contributed by atoms with Crippen LogP contribution in [0.1, 0.15) is 11.1 Å². The maximum Gasteiger partial charge on any atom is 1.00 e. The molecule has 0 atom stereocenters. The molecule has 0 radical (unpaired) electrons. The summed E-state index contributed by atoms with van der Waals surface area (Å²) in [5, 5.41) is 0. The van der Waals surface area contributed by atoms with E-state index in [1.54, 1.807) is 5.54 Å². The molecule has 0 aliphatic heterocycles. The van der Waals surface area contributed by atoms with Crippen molar-refractivity contribution < 1.29 is 51.4 Å². The molecule has 0 saturated heterocycles. The minimum Gasteiger partial charge on any atom is -0.122 e. The van der Waals surface area contributed by atoms with E-state index < -0.39 is 8.07 Å². The summed E-state index contributed by atoms with van der Waals surface area (Å²) in [4.78, 5) is 0. The smallest absolute Gasteiger partial charge is 0.122 e. The van der Waals surface area contributed by atoms with Crippen LogP contribution >= 0.6 is 0 Å². The first-order chi connectivity index (χ1) is 8.09. The van der Waals surface area contributed by atoms with E-state index in [2.05, 4.69) is 80.3 Å². The molecule has 0 nitrogen and oxygen atoms in total. The van der Waals surface area contributed by atoms with Crippen molar-refractivity contribution in [3.8, 4) is 0 Å². The molecule has 0 bridgehead atoms.